The fourth-order valence-corrected chi connectivity index (χ4v) is 3.96. The maximum Gasteiger partial charge on any atom is 0.433 e. The van der Waals surface area contributed by atoms with E-state index in [2.05, 4.69) is 25.4 Å². The highest BCUT2D eigenvalue weighted by molar-refractivity contribution is 7.99. The molecular weight excluding hydrogens is 449 g/mol. The number of nitrogens with zero attached hydrogens (tertiary/aromatic N) is 5. The standard InChI is InChI=1S/C23H15F3N6S/c24-23(25,26)20-14-19(15-4-2-1-3-5-15)32-22(29-20)30-21(31-32)28-16-6-8-17(9-7-16)33-18-10-12-27-13-11-18/h1-14H,(H,28,31). The predicted molar refractivity (Wildman–Crippen MR) is 119 cm³/mol. The molecule has 10 heteroatoms. The molecule has 3 heterocycles. The Morgan fingerprint density at radius 3 is 2.21 bits per heavy atom. The Balaban J connectivity index is 1.45. The van der Waals surface area contributed by atoms with Crippen LogP contribution < -0.4 is 5.32 Å². The second-order valence-electron chi connectivity index (χ2n) is 6.97. The van der Waals surface area contributed by atoms with E-state index < -0.39 is 11.9 Å². The van der Waals surface area contributed by atoms with Crippen LogP contribution in [0.15, 0.2) is 95.0 Å². The summed E-state index contributed by atoms with van der Waals surface area (Å²) in [5.74, 6) is 0.00424. The number of aromatic nitrogens is 5. The minimum Gasteiger partial charge on any atom is -0.323 e. The molecule has 6 nitrogen and oxygen atoms in total. The minimum absolute atomic E-state index is 0.143. The van der Waals surface area contributed by atoms with Crippen molar-refractivity contribution < 1.29 is 13.2 Å². The van der Waals surface area contributed by atoms with Crippen molar-refractivity contribution in [1.29, 1.82) is 0 Å². The number of pyridine rings is 1. The van der Waals surface area contributed by atoms with Gasteiger partial charge < -0.3 is 5.32 Å². The van der Waals surface area contributed by atoms with Gasteiger partial charge in [0.15, 0.2) is 5.69 Å². The highest BCUT2D eigenvalue weighted by Crippen LogP contribution is 2.32. The molecule has 33 heavy (non-hydrogen) atoms. The number of alkyl halides is 3. The summed E-state index contributed by atoms with van der Waals surface area (Å²) in [4.78, 5) is 13.9. The largest absolute Gasteiger partial charge is 0.433 e. The third-order valence-corrected chi connectivity index (χ3v) is 5.68. The predicted octanol–water partition coefficient (Wildman–Crippen LogP) is 6.10. The molecule has 5 aromatic rings. The van der Waals surface area contributed by atoms with E-state index in [1.54, 1.807) is 54.5 Å². The van der Waals surface area contributed by atoms with Gasteiger partial charge in [-0.05, 0) is 42.5 Å². The summed E-state index contributed by atoms with van der Waals surface area (Å²) in [7, 11) is 0. The Hall–Kier alpha value is -3.92. The molecule has 164 valence electrons. The molecule has 0 bridgehead atoms. The normalized spacial score (nSPS) is 11.6. The van der Waals surface area contributed by atoms with Gasteiger partial charge in [0, 0.05) is 33.4 Å². The first-order chi connectivity index (χ1) is 16.0. The lowest BCUT2D eigenvalue weighted by Gasteiger charge is -2.09. The highest BCUT2D eigenvalue weighted by atomic mass is 32.2. The molecule has 2 aromatic carbocycles. The number of rotatable bonds is 5. The van der Waals surface area contributed by atoms with Crippen LogP contribution in [-0.2, 0) is 6.18 Å². The van der Waals surface area contributed by atoms with Crippen molar-refractivity contribution in [3.63, 3.8) is 0 Å². The van der Waals surface area contributed by atoms with Gasteiger partial charge >= 0.3 is 6.18 Å². The molecule has 0 atom stereocenters. The third-order valence-electron chi connectivity index (χ3n) is 4.67. The molecular formula is C23H15F3N6S. The number of nitrogens with one attached hydrogen (secondary N) is 1. The van der Waals surface area contributed by atoms with Crippen molar-refractivity contribution in [2.45, 2.75) is 16.0 Å². The fourth-order valence-electron chi connectivity index (χ4n) is 3.16. The highest BCUT2D eigenvalue weighted by Gasteiger charge is 2.34. The molecule has 0 spiro atoms. The smallest absolute Gasteiger partial charge is 0.323 e. The number of fused-ring (bicyclic) bond motifs is 1. The van der Waals surface area contributed by atoms with E-state index >= 15 is 0 Å². The molecule has 1 N–H and O–H groups in total. The maximum atomic E-state index is 13.4. The molecule has 0 saturated carbocycles. The molecule has 0 aliphatic carbocycles. The van der Waals surface area contributed by atoms with Crippen LogP contribution in [0, 0.1) is 0 Å². The SMILES string of the molecule is FC(F)(F)c1cc(-c2ccccc2)n2nc(Nc3ccc(Sc4ccncc4)cc3)nc2n1. The average molecular weight is 464 g/mol. The van der Waals surface area contributed by atoms with Crippen molar-refractivity contribution in [1.82, 2.24) is 24.6 Å². The summed E-state index contributed by atoms with van der Waals surface area (Å²) in [6, 6.07) is 21.1. The van der Waals surface area contributed by atoms with Crippen LogP contribution in [-0.4, -0.2) is 24.6 Å². The van der Waals surface area contributed by atoms with Gasteiger partial charge in [-0.3, -0.25) is 4.98 Å². The molecule has 0 fully saturated rings. The monoisotopic (exact) mass is 464 g/mol. The van der Waals surface area contributed by atoms with Crippen LogP contribution in [0.25, 0.3) is 17.0 Å². The molecule has 0 saturated heterocycles. The van der Waals surface area contributed by atoms with E-state index in [0.29, 0.717) is 11.3 Å². The van der Waals surface area contributed by atoms with E-state index in [1.807, 2.05) is 36.4 Å². The van der Waals surface area contributed by atoms with E-state index in [9.17, 15) is 13.2 Å². The second-order valence-corrected chi connectivity index (χ2v) is 8.12. The van der Waals surface area contributed by atoms with Gasteiger partial charge in [-0.2, -0.15) is 22.7 Å². The van der Waals surface area contributed by atoms with E-state index in [0.717, 1.165) is 15.9 Å². The molecule has 3 aromatic heterocycles. The second kappa shape index (κ2) is 8.55. The van der Waals surface area contributed by atoms with E-state index in [1.165, 1.54) is 4.52 Å². The van der Waals surface area contributed by atoms with Crippen molar-refractivity contribution in [2.75, 3.05) is 5.32 Å². The Bertz CT molecular complexity index is 1390. The summed E-state index contributed by atoms with van der Waals surface area (Å²) in [6.07, 6.45) is -1.14. The first-order valence-electron chi connectivity index (χ1n) is 9.81. The van der Waals surface area contributed by atoms with Crippen molar-refractivity contribution in [3.05, 3.63) is 90.9 Å². The molecule has 5 rings (SSSR count). The zero-order chi connectivity index (χ0) is 22.8. The van der Waals surface area contributed by atoms with Crippen LogP contribution >= 0.6 is 11.8 Å². The van der Waals surface area contributed by atoms with Gasteiger partial charge in [-0.15, -0.1) is 5.10 Å². The van der Waals surface area contributed by atoms with Crippen LogP contribution in [0.4, 0.5) is 24.8 Å². The number of hydrogen-bond acceptors (Lipinski definition) is 6. The fraction of sp³-hybridized carbons (Fsp3) is 0.0435. The zero-order valence-electron chi connectivity index (χ0n) is 16.9. The minimum atomic E-state index is -4.60. The molecule has 0 amide bonds. The molecule has 0 radical (unpaired) electrons. The molecule has 0 unspecified atom stereocenters. The number of anilines is 2. The van der Waals surface area contributed by atoms with Gasteiger partial charge in [0.1, 0.15) is 0 Å². The maximum absolute atomic E-state index is 13.4. The van der Waals surface area contributed by atoms with Crippen LogP contribution in [0.2, 0.25) is 0 Å². The van der Waals surface area contributed by atoms with Gasteiger partial charge in [0.05, 0.1) is 5.69 Å². The summed E-state index contributed by atoms with van der Waals surface area (Å²) in [6.45, 7) is 0. The lowest BCUT2D eigenvalue weighted by molar-refractivity contribution is -0.141. The summed E-state index contributed by atoms with van der Waals surface area (Å²) < 4.78 is 41.6. The Kier molecular flexibility index (Phi) is 5.43. The van der Waals surface area contributed by atoms with E-state index in [-0.39, 0.29) is 17.4 Å². The quantitative estimate of drug-likeness (QED) is 0.339. The third kappa shape index (κ3) is 4.65. The van der Waals surface area contributed by atoms with Crippen LogP contribution in [0.1, 0.15) is 5.69 Å². The van der Waals surface area contributed by atoms with Crippen LogP contribution in [0.5, 0.6) is 0 Å². The topological polar surface area (TPSA) is 68.0 Å². The first-order valence-corrected chi connectivity index (χ1v) is 10.6. The van der Waals surface area contributed by atoms with Gasteiger partial charge in [0.25, 0.3) is 5.78 Å². The summed E-state index contributed by atoms with van der Waals surface area (Å²) in [5.41, 5.74) is 0.495. The average Bonchev–Trinajstić information content (AvgIpc) is 3.23. The van der Waals surface area contributed by atoms with Crippen LogP contribution in [0.3, 0.4) is 0 Å². The van der Waals surface area contributed by atoms with E-state index in [4.69, 9.17) is 0 Å². The first kappa shape index (κ1) is 21.0. The van der Waals surface area contributed by atoms with Gasteiger partial charge in [0.2, 0.25) is 5.95 Å². The molecule has 0 aliphatic heterocycles. The Labute approximate surface area is 190 Å². The summed E-state index contributed by atoms with van der Waals surface area (Å²) >= 11 is 1.59. The number of halogens is 3. The van der Waals surface area contributed by atoms with Gasteiger partial charge in [-0.1, -0.05) is 42.1 Å². The zero-order valence-corrected chi connectivity index (χ0v) is 17.7. The Morgan fingerprint density at radius 1 is 0.818 bits per heavy atom. The lowest BCUT2D eigenvalue weighted by Crippen LogP contribution is -2.11. The molecule has 0 aliphatic rings. The van der Waals surface area contributed by atoms with Crippen molar-refractivity contribution >= 4 is 29.2 Å². The van der Waals surface area contributed by atoms with Crippen molar-refractivity contribution in [2.24, 2.45) is 0 Å². The number of hydrogen-bond donors (Lipinski definition) is 1. The van der Waals surface area contributed by atoms with Crippen molar-refractivity contribution in [3.8, 4) is 11.3 Å². The number of benzene rings is 2. The Morgan fingerprint density at radius 2 is 1.52 bits per heavy atom. The summed E-state index contributed by atoms with van der Waals surface area (Å²) in [5, 5.41) is 7.39. The lowest BCUT2D eigenvalue weighted by atomic mass is 10.1. The van der Waals surface area contributed by atoms with Gasteiger partial charge in [-0.25, -0.2) is 4.98 Å².